The third-order valence-corrected chi connectivity index (χ3v) is 4.21. The molecule has 28 heavy (non-hydrogen) atoms. The van der Waals surface area contributed by atoms with Gasteiger partial charge in [0.1, 0.15) is 5.60 Å². The van der Waals surface area contributed by atoms with Gasteiger partial charge in [0.2, 0.25) is 0 Å². The van der Waals surface area contributed by atoms with Crippen molar-refractivity contribution in [2.75, 3.05) is 5.32 Å². The molecule has 0 saturated carbocycles. The lowest BCUT2D eigenvalue weighted by Crippen LogP contribution is -2.16. The number of anilines is 1. The van der Waals surface area contributed by atoms with Crippen LogP contribution in [0.1, 0.15) is 29.8 Å². The third-order valence-electron chi connectivity index (χ3n) is 3.89. The summed E-state index contributed by atoms with van der Waals surface area (Å²) >= 11 is 6.40. The number of rotatable bonds is 3. The number of carbonyl (C=O) groups is 1. The SMILES string of the molecule is CC(C)(O)C#Cc1c(Cl)ccc(-c2ccccc2)c1NC(=O)c1cccnc1. The maximum Gasteiger partial charge on any atom is 0.257 e. The summed E-state index contributed by atoms with van der Waals surface area (Å²) in [7, 11) is 0. The van der Waals surface area contributed by atoms with E-state index < -0.39 is 5.60 Å². The standard InChI is InChI=1S/C23H19ClN2O2/c1-23(2,28)13-12-19-20(24)11-10-18(16-7-4-3-5-8-16)21(19)26-22(27)17-9-6-14-25-15-17/h3-11,14-15,28H,1-2H3,(H,26,27). The van der Waals surface area contributed by atoms with E-state index >= 15 is 0 Å². The smallest absolute Gasteiger partial charge is 0.257 e. The fourth-order valence-electron chi connectivity index (χ4n) is 2.59. The summed E-state index contributed by atoms with van der Waals surface area (Å²) in [4.78, 5) is 16.8. The van der Waals surface area contributed by atoms with Crippen LogP contribution >= 0.6 is 11.6 Å². The first kappa shape index (κ1) is 19.6. The molecule has 140 valence electrons. The van der Waals surface area contributed by atoms with Crippen molar-refractivity contribution in [1.82, 2.24) is 4.98 Å². The second kappa shape index (κ2) is 8.26. The van der Waals surface area contributed by atoms with E-state index in [2.05, 4.69) is 22.1 Å². The van der Waals surface area contributed by atoms with Crippen molar-refractivity contribution in [1.29, 1.82) is 0 Å². The van der Waals surface area contributed by atoms with Gasteiger partial charge in [-0.15, -0.1) is 0 Å². The van der Waals surface area contributed by atoms with E-state index in [4.69, 9.17) is 11.6 Å². The average molecular weight is 391 g/mol. The molecule has 1 aromatic heterocycles. The number of aromatic nitrogens is 1. The molecule has 1 heterocycles. The number of hydrogen-bond donors (Lipinski definition) is 2. The number of pyridine rings is 1. The number of nitrogens with one attached hydrogen (secondary N) is 1. The lowest BCUT2D eigenvalue weighted by atomic mass is 9.99. The van der Waals surface area contributed by atoms with Gasteiger partial charge >= 0.3 is 0 Å². The molecule has 0 bridgehead atoms. The molecule has 0 aliphatic rings. The number of aliphatic hydroxyl groups is 1. The highest BCUT2D eigenvalue weighted by Gasteiger charge is 2.17. The molecule has 2 aromatic carbocycles. The maximum absolute atomic E-state index is 12.8. The minimum absolute atomic E-state index is 0.321. The second-order valence-electron chi connectivity index (χ2n) is 6.72. The molecule has 0 atom stereocenters. The Balaban J connectivity index is 2.16. The van der Waals surface area contributed by atoms with Gasteiger partial charge < -0.3 is 10.4 Å². The summed E-state index contributed by atoms with van der Waals surface area (Å²) in [6.45, 7) is 3.17. The lowest BCUT2D eigenvalue weighted by molar-refractivity contribution is 0.102. The molecule has 0 spiro atoms. The Labute approximate surface area is 169 Å². The maximum atomic E-state index is 12.8. The van der Waals surface area contributed by atoms with E-state index in [0.29, 0.717) is 21.8 Å². The number of nitrogens with zero attached hydrogens (tertiary/aromatic N) is 1. The Bertz CT molecular complexity index is 1050. The van der Waals surface area contributed by atoms with E-state index in [1.807, 2.05) is 36.4 Å². The molecule has 0 aliphatic carbocycles. The molecule has 0 radical (unpaired) electrons. The molecule has 2 N–H and O–H groups in total. The van der Waals surface area contributed by atoms with Crippen molar-refractivity contribution in [2.45, 2.75) is 19.4 Å². The van der Waals surface area contributed by atoms with E-state index in [-0.39, 0.29) is 5.91 Å². The van der Waals surface area contributed by atoms with E-state index in [1.165, 1.54) is 6.20 Å². The molecule has 0 aliphatic heterocycles. The predicted molar refractivity (Wildman–Crippen MR) is 112 cm³/mol. The number of halogens is 1. The van der Waals surface area contributed by atoms with E-state index in [9.17, 15) is 9.90 Å². The van der Waals surface area contributed by atoms with Crippen LogP contribution < -0.4 is 5.32 Å². The van der Waals surface area contributed by atoms with Crippen LogP contribution in [0.4, 0.5) is 5.69 Å². The fourth-order valence-corrected chi connectivity index (χ4v) is 2.79. The van der Waals surface area contributed by atoms with Gasteiger partial charge in [-0.1, -0.05) is 59.8 Å². The highest BCUT2D eigenvalue weighted by molar-refractivity contribution is 6.32. The highest BCUT2D eigenvalue weighted by atomic mass is 35.5. The molecule has 0 fully saturated rings. The summed E-state index contributed by atoms with van der Waals surface area (Å²) in [5, 5.41) is 13.3. The van der Waals surface area contributed by atoms with Crippen molar-refractivity contribution in [3.63, 3.8) is 0 Å². The predicted octanol–water partition coefficient (Wildman–Crippen LogP) is 4.78. The van der Waals surface area contributed by atoms with Crippen LogP contribution in [0.25, 0.3) is 11.1 Å². The van der Waals surface area contributed by atoms with Crippen LogP contribution in [-0.2, 0) is 0 Å². The van der Waals surface area contributed by atoms with Gasteiger partial charge in [0, 0.05) is 18.0 Å². The van der Waals surface area contributed by atoms with Gasteiger partial charge in [-0.25, -0.2) is 0 Å². The van der Waals surface area contributed by atoms with Crippen LogP contribution in [0.2, 0.25) is 5.02 Å². The number of amides is 1. The zero-order chi connectivity index (χ0) is 20.1. The minimum atomic E-state index is -1.20. The third kappa shape index (κ3) is 4.77. The van der Waals surface area contributed by atoms with E-state index in [1.54, 1.807) is 38.2 Å². The van der Waals surface area contributed by atoms with Crippen molar-refractivity contribution >= 4 is 23.2 Å². The second-order valence-corrected chi connectivity index (χ2v) is 7.12. The summed E-state index contributed by atoms with van der Waals surface area (Å²) in [5.41, 5.74) is 1.85. The van der Waals surface area contributed by atoms with Gasteiger partial charge in [0.05, 0.1) is 21.8 Å². The Morgan fingerprint density at radius 2 is 1.86 bits per heavy atom. The molecule has 1 amide bonds. The molecule has 4 nitrogen and oxygen atoms in total. The highest BCUT2D eigenvalue weighted by Crippen LogP contribution is 2.35. The van der Waals surface area contributed by atoms with Crippen molar-refractivity contribution < 1.29 is 9.90 Å². The molecule has 5 heteroatoms. The normalized spacial score (nSPS) is 10.7. The van der Waals surface area contributed by atoms with E-state index in [0.717, 1.165) is 11.1 Å². The Morgan fingerprint density at radius 3 is 2.50 bits per heavy atom. The summed E-state index contributed by atoms with van der Waals surface area (Å²) in [6.07, 6.45) is 3.09. The summed E-state index contributed by atoms with van der Waals surface area (Å²) < 4.78 is 0. The minimum Gasteiger partial charge on any atom is -0.378 e. The fraction of sp³-hybridized carbons (Fsp3) is 0.130. The Hall–Kier alpha value is -3.13. The first-order valence-electron chi connectivity index (χ1n) is 8.70. The van der Waals surface area contributed by atoms with Crippen LogP contribution in [0.5, 0.6) is 0 Å². The number of benzene rings is 2. The first-order valence-corrected chi connectivity index (χ1v) is 9.08. The molecule has 3 aromatic rings. The van der Waals surface area contributed by atoms with Crippen molar-refractivity contribution in [2.24, 2.45) is 0 Å². The van der Waals surface area contributed by atoms with Gasteiger partial charge in [-0.05, 0) is 37.6 Å². The Kier molecular flexibility index (Phi) is 5.79. The first-order chi connectivity index (χ1) is 13.3. The topological polar surface area (TPSA) is 62.2 Å². The largest absolute Gasteiger partial charge is 0.378 e. The van der Waals surface area contributed by atoms with Crippen LogP contribution in [0.3, 0.4) is 0 Å². The molecule has 3 rings (SSSR count). The number of hydrogen-bond acceptors (Lipinski definition) is 3. The zero-order valence-electron chi connectivity index (χ0n) is 15.5. The van der Waals surface area contributed by atoms with Crippen LogP contribution in [0, 0.1) is 11.8 Å². The lowest BCUT2D eigenvalue weighted by Gasteiger charge is -2.15. The Morgan fingerprint density at radius 1 is 1.11 bits per heavy atom. The monoisotopic (exact) mass is 390 g/mol. The number of carbonyl (C=O) groups excluding carboxylic acids is 1. The molecular formula is C23H19ClN2O2. The summed E-state index contributed by atoms with van der Waals surface area (Å²) in [6, 6.07) is 16.6. The van der Waals surface area contributed by atoms with Crippen LogP contribution in [-0.4, -0.2) is 21.6 Å². The van der Waals surface area contributed by atoms with Gasteiger partial charge in [0.15, 0.2) is 0 Å². The van der Waals surface area contributed by atoms with Crippen molar-refractivity contribution in [3.05, 3.63) is 83.1 Å². The molecular weight excluding hydrogens is 372 g/mol. The van der Waals surface area contributed by atoms with Crippen molar-refractivity contribution in [3.8, 4) is 23.0 Å². The average Bonchev–Trinajstić information content (AvgIpc) is 2.68. The van der Waals surface area contributed by atoms with Gasteiger partial charge in [-0.3, -0.25) is 9.78 Å². The molecule has 0 saturated heterocycles. The van der Waals surface area contributed by atoms with Gasteiger partial charge in [-0.2, -0.15) is 0 Å². The zero-order valence-corrected chi connectivity index (χ0v) is 16.3. The quantitative estimate of drug-likeness (QED) is 0.633. The molecule has 0 unspecified atom stereocenters. The van der Waals surface area contributed by atoms with Gasteiger partial charge in [0.25, 0.3) is 5.91 Å². The summed E-state index contributed by atoms with van der Waals surface area (Å²) in [5.74, 6) is 5.37. The van der Waals surface area contributed by atoms with Crippen LogP contribution in [0.15, 0.2) is 67.0 Å².